The molecule has 1 saturated heterocycles. The number of anilines is 1. The van der Waals surface area contributed by atoms with Gasteiger partial charge in [-0.3, -0.25) is 4.79 Å². The molecule has 0 aromatic heterocycles. The molecular formula is C15H20F2N2O2. The van der Waals surface area contributed by atoms with E-state index in [1.807, 2.05) is 13.8 Å². The van der Waals surface area contributed by atoms with Crippen LogP contribution in [-0.2, 0) is 4.74 Å². The fourth-order valence-corrected chi connectivity index (χ4v) is 2.57. The summed E-state index contributed by atoms with van der Waals surface area (Å²) in [6.45, 7) is 4.46. The molecular weight excluding hydrogens is 278 g/mol. The molecule has 1 amide bonds. The molecule has 0 radical (unpaired) electrons. The van der Waals surface area contributed by atoms with E-state index in [1.54, 1.807) is 0 Å². The fraction of sp³-hybridized carbons (Fsp3) is 0.533. The second-order valence-electron chi connectivity index (χ2n) is 5.84. The van der Waals surface area contributed by atoms with Gasteiger partial charge in [-0.1, -0.05) is 0 Å². The predicted molar refractivity (Wildman–Crippen MR) is 76.4 cm³/mol. The van der Waals surface area contributed by atoms with Crippen molar-refractivity contribution in [3.63, 3.8) is 0 Å². The number of hydrogen-bond acceptors (Lipinski definition) is 3. The van der Waals surface area contributed by atoms with Crippen LogP contribution in [0.1, 0.15) is 37.0 Å². The number of ether oxygens (including phenoxy) is 1. The van der Waals surface area contributed by atoms with Gasteiger partial charge in [-0.25, -0.2) is 8.78 Å². The molecule has 0 bridgehead atoms. The van der Waals surface area contributed by atoms with Gasteiger partial charge >= 0.3 is 0 Å². The Balaban J connectivity index is 2.10. The van der Waals surface area contributed by atoms with Crippen LogP contribution in [0.3, 0.4) is 0 Å². The number of carbonyl (C=O) groups excluding carboxylic acids is 1. The SMILES string of the molecule is CNc1c(F)cc(C(=O)NC2CCOC(C)(C)C2)cc1F. The molecule has 1 heterocycles. The zero-order valence-electron chi connectivity index (χ0n) is 12.4. The molecule has 1 unspecified atom stereocenters. The minimum atomic E-state index is -0.782. The van der Waals surface area contributed by atoms with Gasteiger partial charge in [0.05, 0.1) is 5.60 Å². The molecule has 1 atom stereocenters. The zero-order chi connectivity index (χ0) is 15.6. The molecule has 1 aromatic rings. The van der Waals surface area contributed by atoms with E-state index in [1.165, 1.54) is 7.05 Å². The molecule has 1 fully saturated rings. The average molecular weight is 298 g/mol. The monoisotopic (exact) mass is 298 g/mol. The van der Waals surface area contributed by atoms with Crippen LogP contribution in [-0.4, -0.2) is 31.2 Å². The number of benzene rings is 1. The minimum Gasteiger partial charge on any atom is -0.383 e. The summed E-state index contributed by atoms with van der Waals surface area (Å²) in [6.07, 6.45) is 1.35. The lowest BCUT2D eigenvalue weighted by Gasteiger charge is -2.35. The third-order valence-corrected chi connectivity index (χ3v) is 3.59. The van der Waals surface area contributed by atoms with Gasteiger partial charge in [-0.15, -0.1) is 0 Å². The molecule has 1 aromatic carbocycles. The number of halogens is 2. The summed E-state index contributed by atoms with van der Waals surface area (Å²) >= 11 is 0. The Morgan fingerprint density at radius 1 is 1.33 bits per heavy atom. The summed E-state index contributed by atoms with van der Waals surface area (Å²) in [5, 5.41) is 5.23. The van der Waals surface area contributed by atoms with E-state index in [0.29, 0.717) is 19.4 Å². The first-order valence-electron chi connectivity index (χ1n) is 6.94. The standard InChI is InChI=1S/C15H20F2N2O2/c1-15(2)8-10(4-5-21-15)19-14(20)9-6-11(16)13(18-3)12(17)7-9/h6-7,10,18H,4-5,8H2,1-3H3,(H,19,20). The highest BCUT2D eigenvalue weighted by atomic mass is 19.1. The van der Waals surface area contributed by atoms with Gasteiger partial charge in [0.25, 0.3) is 5.91 Å². The van der Waals surface area contributed by atoms with E-state index < -0.39 is 17.5 Å². The highest BCUT2D eigenvalue weighted by molar-refractivity contribution is 5.94. The van der Waals surface area contributed by atoms with Gasteiger partial charge < -0.3 is 15.4 Å². The van der Waals surface area contributed by atoms with Crippen molar-refractivity contribution >= 4 is 11.6 Å². The van der Waals surface area contributed by atoms with Crippen LogP contribution in [0.25, 0.3) is 0 Å². The van der Waals surface area contributed by atoms with Gasteiger partial charge in [0.1, 0.15) is 17.3 Å². The van der Waals surface area contributed by atoms with Crippen LogP contribution >= 0.6 is 0 Å². The van der Waals surface area contributed by atoms with Gasteiger partial charge in [-0.05, 0) is 38.8 Å². The van der Waals surface area contributed by atoms with Crippen molar-refractivity contribution in [2.45, 2.75) is 38.3 Å². The normalized spacial score (nSPS) is 20.9. The summed E-state index contributed by atoms with van der Waals surface area (Å²) in [4.78, 5) is 12.1. The molecule has 1 aliphatic heterocycles. The van der Waals surface area contributed by atoms with Crippen molar-refractivity contribution in [2.75, 3.05) is 19.0 Å². The topological polar surface area (TPSA) is 50.4 Å². The number of carbonyl (C=O) groups is 1. The molecule has 21 heavy (non-hydrogen) atoms. The average Bonchev–Trinajstić information content (AvgIpc) is 2.37. The summed E-state index contributed by atoms with van der Waals surface area (Å²) in [6, 6.07) is 2.01. The number of hydrogen-bond donors (Lipinski definition) is 2. The fourth-order valence-electron chi connectivity index (χ4n) is 2.57. The largest absolute Gasteiger partial charge is 0.383 e. The minimum absolute atomic E-state index is 0.0201. The zero-order valence-corrected chi connectivity index (χ0v) is 12.4. The molecule has 4 nitrogen and oxygen atoms in total. The lowest BCUT2D eigenvalue weighted by atomic mass is 9.93. The van der Waals surface area contributed by atoms with Crippen molar-refractivity contribution < 1.29 is 18.3 Å². The van der Waals surface area contributed by atoms with E-state index >= 15 is 0 Å². The van der Waals surface area contributed by atoms with Crippen LogP contribution in [0, 0.1) is 11.6 Å². The van der Waals surface area contributed by atoms with E-state index in [4.69, 9.17) is 4.74 Å². The molecule has 6 heteroatoms. The number of nitrogens with one attached hydrogen (secondary N) is 2. The van der Waals surface area contributed by atoms with Crippen LogP contribution in [0.15, 0.2) is 12.1 Å². The van der Waals surface area contributed by atoms with Crippen molar-refractivity contribution in [1.29, 1.82) is 0 Å². The maximum Gasteiger partial charge on any atom is 0.251 e. The molecule has 2 N–H and O–H groups in total. The summed E-state index contributed by atoms with van der Waals surface area (Å²) in [5.74, 6) is -2.04. The molecule has 0 saturated carbocycles. The maximum atomic E-state index is 13.7. The Kier molecular flexibility index (Phi) is 4.46. The van der Waals surface area contributed by atoms with E-state index in [9.17, 15) is 13.6 Å². The van der Waals surface area contributed by atoms with Gasteiger partial charge in [0.15, 0.2) is 0 Å². The van der Waals surface area contributed by atoms with Gasteiger partial charge in [-0.2, -0.15) is 0 Å². The summed E-state index contributed by atoms with van der Waals surface area (Å²) in [5.41, 5.74) is -0.560. The van der Waals surface area contributed by atoms with E-state index in [0.717, 1.165) is 12.1 Å². The van der Waals surface area contributed by atoms with Crippen LogP contribution in [0.5, 0.6) is 0 Å². The molecule has 0 spiro atoms. The Morgan fingerprint density at radius 3 is 2.48 bits per heavy atom. The first kappa shape index (κ1) is 15.7. The van der Waals surface area contributed by atoms with Crippen molar-refractivity contribution in [2.24, 2.45) is 0 Å². The van der Waals surface area contributed by atoms with Crippen LogP contribution in [0.4, 0.5) is 14.5 Å². The highest BCUT2D eigenvalue weighted by Gasteiger charge is 2.30. The van der Waals surface area contributed by atoms with Gasteiger partial charge in [0.2, 0.25) is 0 Å². The second kappa shape index (κ2) is 5.97. The Morgan fingerprint density at radius 2 is 1.95 bits per heavy atom. The Hall–Kier alpha value is -1.69. The van der Waals surface area contributed by atoms with E-state index in [-0.39, 0.29) is 22.9 Å². The predicted octanol–water partition coefficient (Wildman–Crippen LogP) is 2.69. The Bertz CT molecular complexity index is 523. The summed E-state index contributed by atoms with van der Waals surface area (Å²) in [7, 11) is 1.42. The van der Waals surface area contributed by atoms with E-state index in [2.05, 4.69) is 10.6 Å². The first-order chi connectivity index (χ1) is 9.82. The lowest BCUT2D eigenvalue weighted by molar-refractivity contribution is -0.0615. The molecule has 1 aliphatic rings. The quantitative estimate of drug-likeness (QED) is 0.902. The number of amides is 1. The molecule has 0 aliphatic carbocycles. The van der Waals surface area contributed by atoms with Crippen molar-refractivity contribution in [1.82, 2.24) is 5.32 Å². The van der Waals surface area contributed by atoms with Crippen molar-refractivity contribution in [3.8, 4) is 0 Å². The number of rotatable bonds is 3. The second-order valence-corrected chi connectivity index (χ2v) is 5.84. The lowest BCUT2D eigenvalue weighted by Crippen LogP contribution is -2.45. The molecule has 116 valence electrons. The summed E-state index contributed by atoms with van der Waals surface area (Å²) < 4.78 is 32.9. The third kappa shape index (κ3) is 3.69. The third-order valence-electron chi connectivity index (χ3n) is 3.59. The maximum absolute atomic E-state index is 13.7. The van der Waals surface area contributed by atoms with Crippen LogP contribution < -0.4 is 10.6 Å². The molecule has 2 rings (SSSR count). The Labute approximate surface area is 122 Å². The smallest absolute Gasteiger partial charge is 0.251 e. The van der Waals surface area contributed by atoms with Crippen LogP contribution in [0.2, 0.25) is 0 Å². The first-order valence-corrected chi connectivity index (χ1v) is 6.94. The highest BCUT2D eigenvalue weighted by Crippen LogP contribution is 2.25. The van der Waals surface area contributed by atoms with Crippen molar-refractivity contribution in [3.05, 3.63) is 29.3 Å². The van der Waals surface area contributed by atoms with Gasteiger partial charge in [0, 0.05) is 25.3 Å².